The molecule has 2 aromatic rings. The van der Waals surface area contributed by atoms with Gasteiger partial charge in [-0.25, -0.2) is 18.1 Å². The number of aryl methyl sites for hydroxylation is 1. The highest BCUT2D eigenvalue weighted by Gasteiger charge is 2.56. The van der Waals surface area contributed by atoms with E-state index in [2.05, 4.69) is 45.7 Å². The van der Waals surface area contributed by atoms with E-state index in [1.165, 1.54) is 6.33 Å². The topological polar surface area (TPSA) is 127 Å². The second-order valence-electron chi connectivity index (χ2n) is 15.0. The number of carbonyl (C=O) groups excluding carboxylic acids is 1. The number of allylic oxidation sites excluding steroid dienone is 4. The third kappa shape index (κ3) is 6.45. The molecule has 2 N–H and O–H groups in total. The Labute approximate surface area is 289 Å². The molecule has 1 aromatic heterocycles. The van der Waals surface area contributed by atoms with Gasteiger partial charge in [0.2, 0.25) is 10.0 Å². The first-order valence-corrected chi connectivity index (χ1v) is 19.0. The minimum Gasteiger partial charge on any atom is -0.490 e. The summed E-state index contributed by atoms with van der Waals surface area (Å²) in [7, 11) is -2.23. The number of amides is 1. The van der Waals surface area contributed by atoms with Crippen molar-refractivity contribution in [3.8, 4) is 5.75 Å². The molecule has 48 heavy (non-hydrogen) atoms. The second-order valence-corrected chi connectivity index (χ2v) is 17.4. The summed E-state index contributed by atoms with van der Waals surface area (Å²) in [4.78, 5) is 20.3. The minimum atomic E-state index is -4.01. The molecule has 6 rings (SSSR count). The molecule has 3 unspecified atom stereocenters. The largest absolute Gasteiger partial charge is 0.490 e. The highest BCUT2D eigenvalue weighted by Crippen LogP contribution is 2.56. The summed E-state index contributed by atoms with van der Waals surface area (Å²) in [6.45, 7) is 9.52. The molecule has 0 spiro atoms. The molecule has 2 aliphatic carbocycles. The standard InChI is InChI=1S/C36H48ClN5O5S/c1-24-9-8-15-36(44,33-38-23-39-41(33)5)31-14-17-34(31,3)21-42-18-7-6-10-27-20-28(37)13-16-35(27,4)22-47-30-12-11-26(19-29(30)42)32(43)40-48(45,46)25(24)2/h8,11-13,15-16,19-20,23-25,27,31,44H,6-7,9-10,14,17-18,21-22H2,1-5H3,(H,40,43)/b15-8+/t24-,25+,27?,31+,34?,35?,36-/m0/s1. The Kier molecular flexibility index (Phi) is 9.36. The summed E-state index contributed by atoms with van der Waals surface area (Å²) >= 11 is 6.45. The fraction of sp³-hybridized carbons (Fsp3) is 0.583. The summed E-state index contributed by atoms with van der Waals surface area (Å²) in [5.41, 5.74) is -1.06. The molecule has 1 aromatic carbocycles. The SMILES string of the molecule is C[C@@H]1[C@@H](C)C/C=C/[C@@](O)(c2ncnn2C)[C@@H]2CCC2(C)CN2CCCCC3C=C(Cl)C=CC3(C)COc3ccc(cc32)C(=O)NS1(=O)=O. The van der Waals surface area contributed by atoms with Crippen LogP contribution in [0.3, 0.4) is 0 Å². The number of hydrogen-bond donors (Lipinski definition) is 2. The van der Waals surface area contributed by atoms with Crippen LogP contribution in [0.1, 0.15) is 82.4 Å². The zero-order chi connectivity index (χ0) is 34.5. The van der Waals surface area contributed by atoms with Crippen molar-refractivity contribution in [3.05, 3.63) is 71.3 Å². The van der Waals surface area contributed by atoms with E-state index in [4.69, 9.17) is 16.3 Å². The lowest BCUT2D eigenvalue weighted by Gasteiger charge is -2.55. The summed E-state index contributed by atoms with van der Waals surface area (Å²) in [5, 5.41) is 16.7. The van der Waals surface area contributed by atoms with Gasteiger partial charge in [-0.05, 0) is 86.6 Å². The molecule has 12 heteroatoms. The van der Waals surface area contributed by atoms with Gasteiger partial charge in [-0.2, -0.15) is 5.10 Å². The second kappa shape index (κ2) is 12.9. The van der Waals surface area contributed by atoms with Crippen LogP contribution in [0.15, 0.2) is 59.9 Å². The van der Waals surface area contributed by atoms with Gasteiger partial charge in [0.05, 0.1) is 17.5 Å². The van der Waals surface area contributed by atoms with Crippen LogP contribution in [-0.2, 0) is 22.7 Å². The number of rotatable bonds is 1. The number of nitrogens with zero attached hydrogens (tertiary/aromatic N) is 4. The Bertz CT molecular complexity index is 1760. The molecule has 7 atom stereocenters. The lowest BCUT2D eigenvalue weighted by Crippen LogP contribution is -2.56. The van der Waals surface area contributed by atoms with E-state index in [1.54, 1.807) is 42.9 Å². The number of fused-ring (bicyclic) bond motifs is 3. The Morgan fingerprint density at radius 1 is 1.15 bits per heavy atom. The van der Waals surface area contributed by atoms with E-state index in [0.717, 1.165) is 42.8 Å². The number of ether oxygens (including phenoxy) is 1. The Hall–Kier alpha value is -3.15. The zero-order valence-corrected chi connectivity index (χ0v) is 30.1. The zero-order valence-electron chi connectivity index (χ0n) is 28.5. The number of carbonyl (C=O) groups is 1. The van der Waals surface area contributed by atoms with Crippen molar-refractivity contribution >= 4 is 33.2 Å². The van der Waals surface area contributed by atoms with Gasteiger partial charge in [-0.1, -0.05) is 57.0 Å². The number of hydrogen-bond acceptors (Lipinski definition) is 8. The highest BCUT2D eigenvalue weighted by molar-refractivity contribution is 7.90. The fourth-order valence-corrected chi connectivity index (χ4v) is 9.52. The predicted molar refractivity (Wildman–Crippen MR) is 187 cm³/mol. The van der Waals surface area contributed by atoms with Crippen molar-refractivity contribution in [2.45, 2.75) is 77.1 Å². The van der Waals surface area contributed by atoms with Gasteiger partial charge >= 0.3 is 0 Å². The first-order valence-electron chi connectivity index (χ1n) is 17.0. The molecular formula is C36H48ClN5O5S. The number of nitrogens with one attached hydrogen (secondary N) is 1. The molecular weight excluding hydrogens is 650 g/mol. The van der Waals surface area contributed by atoms with Crippen molar-refractivity contribution in [1.29, 1.82) is 0 Å². The molecule has 0 radical (unpaired) electrons. The first-order chi connectivity index (χ1) is 22.7. The molecule has 1 fully saturated rings. The number of anilines is 1. The Morgan fingerprint density at radius 3 is 2.65 bits per heavy atom. The Morgan fingerprint density at radius 2 is 1.94 bits per heavy atom. The van der Waals surface area contributed by atoms with Gasteiger partial charge in [-0.15, -0.1) is 0 Å². The van der Waals surface area contributed by atoms with Crippen molar-refractivity contribution < 1.29 is 23.1 Å². The third-order valence-electron chi connectivity index (χ3n) is 11.5. The lowest BCUT2D eigenvalue weighted by atomic mass is 9.54. The van der Waals surface area contributed by atoms with Gasteiger partial charge in [-0.3, -0.25) is 9.48 Å². The molecule has 1 saturated carbocycles. The van der Waals surface area contributed by atoms with Gasteiger partial charge < -0.3 is 14.7 Å². The summed E-state index contributed by atoms with van der Waals surface area (Å²) < 4.78 is 37.5. The number of benzene rings is 1. The van der Waals surface area contributed by atoms with E-state index in [1.807, 2.05) is 19.1 Å². The van der Waals surface area contributed by atoms with E-state index in [0.29, 0.717) is 37.7 Å². The predicted octanol–water partition coefficient (Wildman–Crippen LogP) is 5.85. The highest BCUT2D eigenvalue weighted by atomic mass is 35.5. The van der Waals surface area contributed by atoms with Crippen LogP contribution < -0.4 is 14.4 Å². The molecule has 2 aliphatic heterocycles. The van der Waals surface area contributed by atoms with Gasteiger partial charge in [0, 0.05) is 42.1 Å². The third-order valence-corrected chi connectivity index (χ3v) is 13.7. The van der Waals surface area contributed by atoms with Crippen molar-refractivity contribution in [2.24, 2.45) is 35.6 Å². The molecule has 3 heterocycles. The van der Waals surface area contributed by atoms with Gasteiger partial charge in [0.15, 0.2) is 5.82 Å². The summed E-state index contributed by atoms with van der Waals surface area (Å²) in [6, 6.07) is 5.18. The molecule has 4 aliphatic rings. The van der Waals surface area contributed by atoms with E-state index in [9.17, 15) is 18.3 Å². The quantitative estimate of drug-likeness (QED) is 0.356. The van der Waals surface area contributed by atoms with E-state index < -0.39 is 26.8 Å². The number of aromatic nitrogens is 3. The van der Waals surface area contributed by atoms with Crippen LogP contribution in [-0.4, -0.2) is 59.1 Å². The van der Waals surface area contributed by atoms with E-state index in [-0.39, 0.29) is 34.1 Å². The number of sulfonamides is 1. The fourth-order valence-electron chi connectivity index (χ4n) is 8.02. The lowest BCUT2D eigenvalue weighted by molar-refractivity contribution is -0.105. The van der Waals surface area contributed by atoms with Crippen LogP contribution >= 0.6 is 11.6 Å². The van der Waals surface area contributed by atoms with Gasteiger partial charge in [0.25, 0.3) is 5.91 Å². The van der Waals surface area contributed by atoms with Gasteiger partial charge in [0.1, 0.15) is 17.7 Å². The number of aliphatic hydroxyl groups is 1. The van der Waals surface area contributed by atoms with Crippen molar-refractivity contribution in [2.75, 3.05) is 24.6 Å². The average molecular weight is 698 g/mol. The van der Waals surface area contributed by atoms with Crippen LogP contribution in [0, 0.1) is 28.6 Å². The van der Waals surface area contributed by atoms with Crippen LogP contribution in [0.25, 0.3) is 0 Å². The van der Waals surface area contributed by atoms with Crippen LogP contribution in [0.5, 0.6) is 5.75 Å². The molecule has 260 valence electrons. The maximum absolute atomic E-state index is 13.6. The molecule has 0 saturated heterocycles. The maximum Gasteiger partial charge on any atom is 0.264 e. The Balaban J connectivity index is 1.46. The van der Waals surface area contributed by atoms with Crippen molar-refractivity contribution in [1.82, 2.24) is 19.5 Å². The normalized spacial score (nSPS) is 36.2. The number of halogens is 1. The van der Waals surface area contributed by atoms with Crippen LogP contribution in [0.2, 0.25) is 0 Å². The smallest absolute Gasteiger partial charge is 0.264 e. The maximum atomic E-state index is 13.6. The average Bonchev–Trinajstić information content (AvgIpc) is 3.47. The van der Waals surface area contributed by atoms with Crippen LogP contribution in [0.4, 0.5) is 5.69 Å². The molecule has 10 nitrogen and oxygen atoms in total. The monoisotopic (exact) mass is 697 g/mol. The minimum absolute atomic E-state index is 0.193. The molecule has 2 bridgehead atoms. The molecule has 1 amide bonds. The summed E-state index contributed by atoms with van der Waals surface area (Å²) in [6.07, 6.45) is 16.1. The first kappa shape index (κ1) is 34.7. The summed E-state index contributed by atoms with van der Waals surface area (Å²) in [5.74, 6) is 0.0885. The van der Waals surface area contributed by atoms with Crippen molar-refractivity contribution in [3.63, 3.8) is 0 Å². The van der Waals surface area contributed by atoms with E-state index >= 15 is 0 Å².